The van der Waals surface area contributed by atoms with Crippen molar-refractivity contribution >= 4 is 17.2 Å². The monoisotopic (exact) mass is 297 g/mol. The lowest BCUT2D eigenvalue weighted by Gasteiger charge is -2.31. The molecule has 0 aromatic heterocycles. The fourth-order valence-corrected chi connectivity index (χ4v) is 3.05. The summed E-state index contributed by atoms with van der Waals surface area (Å²) in [7, 11) is 0. The number of carbonyl (C=O) groups excluding carboxylic acids is 1. The van der Waals surface area contributed by atoms with Gasteiger partial charge in [0.25, 0.3) is 0 Å². The van der Waals surface area contributed by atoms with Gasteiger partial charge in [-0.15, -0.1) is 0 Å². The van der Waals surface area contributed by atoms with Gasteiger partial charge < -0.3 is 14.2 Å². The number of rotatable bonds is 4. The second kappa shape index (κ2) is 7.40. The van der Waals surface area contributed by atoms with Crippen molar-refractivity contribution in [1.82, 2.24) is 4.90 Å². The lowest BCUT2D eigenvalue weighted by atomic mass is 10.0. The fraction of sp³-hybridized carbons (Fsp3) is 0.500. The van der Waals surface area contributed by atoms with E-state index in [4.69, 9.17) is 9.29 Å². The van der Waals surface area contributed by atoms with E-state index in [9.17, 15) is 9.00 Å². The SMILES string of the molecule is O=C(OCc1ccccc1)N1CCCC(CS(=O)O)C1. The molecule has 2 unspecified atom stereocenters. The minimum absolute atomic E-state index is 0.0823. The Morgan fingerprint density at radius 3 is 2.85 bits per heavy atom. The summed E-state index contributed by atoms with van der Waals surface area (Å²) in [5, 5.41) is 0. The molecule has 1 heterocycles. The van der Waals surface area contributed by atoms with Crippen LogP contribution in [0.15, 0.2) is 30.3 Å². The summed E-state index contributed by atoms with van der Waals surface area (Å²) in [6.07, 6.45) is 1.39. The zero-order valence-electron chi connectivity index (χ0n) is 11.2. The lowest BCUT2D eigenvalue weighted by molar-refractivity contribution is 0.0812. The molecular weight excluding hydrogens is 278 g/mol. The molecule has 0 bridgehead atoms. The maximum Gasteiger partial charge on any atom is 0.410 e. The molecule has 110 valence electrons. The van der Waals surface area contributed by atoms with E-state index < -0.39 is 11.1 Å². The van der Waals surface area contributed by atoms with Crippen molar-refractivity contribution in [3.05, 3.63) is 35.9 Å². The largest absolute Gasteiger partial charge is 0.445 e. The number of piperidine rings is 1. The molecule has 2 atom stereocenters. The van der Waals surface area contributed by atoms with E-state index in [-0.39, 0.29) is 24.4 Å². The predicted octanol–water partition coefficient (Wildman–Crippen LogP) is 2.26. The number of hydrogen-bond donors (Lipinski definition) is 1. The van der Waals surface area contributed by atoms with E-state index in [0.717, 1.165) is 18.4 Å². The second-order valence-corrected chi connectivity index (χ2v) is 5.96. The van der Waals surface area contributed by atoms with Gasteiger partial charge in [0.2, 0.25) is 0 Å². The van der Waals surface area contributed by atoms with E-state index in [1.807, 2.05) is 30.3 Å². The molecule has 2 rings (SSSR count). The summed E-state index contributed by atoms with van der Waals surface area (Å²) in [6, 6.07) is 9.52. The minimum atomic E-state index is -1.80. The van der Waals surface area contributed by atoms with Crippen LogP contribution >= 0.6 is 0 Å². The first-order valence-electron chi connectivity index (χ1n) is 6.68. The Kier molecular flexibility index (Phi) is 5.55. The third kappa shape index (κ3) is 4.61. The van der Waals surface area contributed by atoms with Crippen LogP contribution in [0.25, 0.3) is 0 Å². The molecular formula is C14H19NO4S. The van der Waals surface area contributed by atoms with Crippen LogP contribution in [0, 0.1) is 5.92 Å². The summed E-state index contributed by atoms with van der Waals surface area (Å²) in [5.74, 6) is 0.307. The van der Waals surface area contributed by atoms with Gasteiger partial charge in [-0.3, -0.25) is 0 Å². The molecule has 1 aliphatic rings. The van der Waals surface area contributed by atoms with Crippen LogP contribution in [0.4, 0.5) is 4.79 Å². The Labute approximate surface area is 121 Å². The Morgan fingerprint density at radius 1 is 1.40 bits per heavy atom. The molecule has 0 spiro atoms. The van der Waals surface area contributed by atoms with E-state index >= 15 is 0 Å². The van der Waals surface area contributed by atoms with Crippen LogP contribution in [-0.4, -0.2) is 38.6 Å². The van der Waals surface area contributed by atoms with Crippen LogP contribution in [0.5, 0.6) is 0 Å². The van der Waals surface area contributed by atoms with Gasteiger partial charge in [-0.25, -0.2) is 9.00 Å². The number of hydrogen-bond acceptors (Lipinski definition) is 3. The average molecular weight is 297 g/mol. The highest BCUT2D eigenvalue weighted by atomic mass is 32.2. The predicted molar refractivity (Wildman–Crippen MR) is 76.6 cm³/mol. The number of amides is 1. The molecule has 1 saturated heterocycles. The first-order chi connectivity index (χ1) is 9.65. The van der Waals surface area contributed by atoms with Crippen LogP contribution in [-0.2, 0) is 22.4 Å². The maximum absolute atomic E-state index is 12.0. The van der Waals surface area contributed by atoms with Gasteiger partial charge in [-0.2, -0.15) is 0 Å². The summed E-state index contributed by atoms with van der Waals surface area (Å²) in [5.41, 5.74) is 0.950. The van der Waals surface area contributed by atoms with Crippen LogP contribution in [0.3, 0.4) is 0 Å². The quantitative estimate of drug-likeness (QED) is 0.866. The smallest absolute Gasteiger partial charge is 0.410 e. The van der Waals surface area contributed by atoms with Crippen LogP contribution in [0.2, 0.25) is 0 Å². The van der Waals surface area contributed by atoms with E-state index in [0.29, 0.717) is 13.1 Å². The summed E-state index contributed by atoms with van der Waals surface area (Å²) >= 11 is -1.80. The number of benzene rings is 1. The summed E-state index contributed by atoms with van der Waals surface area (Å²) < 4.78 is 25.0. The number of carbonyl (C=O) groups is 1. The first kappa shape index (κ1) is 15.0. The van der Waals surface area contributed by atoms with Gasteiger partial charge in [0.1, 0.15) is 6.61 Å². The van der Waals surface area contributed by atoms with Crippen molar-refractivity contribution in [3.63, 3.8) is 0 Å². The van der Waals surface area contributed by atoms with Gasteiger partial charge in [-0.1, -0.05) is 30.3 Å². The molecule has 1 N–H and O–H groups in total. The van der Waals surface area contributed by atoms with E-state index in [1.54, 1.807) is 4.90 Å². The summed E-state index contributed by atoms with van der Waals surface area (Å²) in [4.78, 5) is 13.6. The minimum Gasteiger partial charge on any atom is -0.445 e. The zero-order valence-corrected chi connectivity index (χ0v) is 12.1. The van der Waals surface area contributed by atoms with Crippen molar-refractivity contribution in [2.24, 2.45) is 5.92 Å². The molecule has 6 heteroatoms. The summed E-state index contributed by atoms with van der Waals surface area (Å²) in [6.45, 7) is 1.41. The lowest BCUT2D eigenvalue weighted by Crippen LogP contribution is -2.41. The van der Waals surface area contributed by atoms with Crippen LogP contribution in [0.1, 0.15) is 18.4 Å². The molecule has 1 aromatic carbocycles. The van der Waals surface area contributed by atoms with Crippen molar-refractivity contribution in [1.29, 1.82) is 0 Å². The number of nitrogens with zero attached hydrogens (tertiary/aromatic N) is 1. The highest BCUT2D eigenvalue weighted by Crippen LogP contribution is 2.18. The van der Waals surface area contributed by atoms with Crippen LogP contribution < -0.4 is 0 Å². The van der Waals surface area contributed by atoms with E-state index in [2.05, 4.69) is 0 Å². The van der Waals surface area contributed by atoms with E-state index in [1.165, 1.54) is 0 Å². The third-order valence-corrected chi connectivity index (χ3v) is 4.12. The Bertz CT molecular complexity index is 466. The van der Waals surface area contributed by atoms with Crippen molar-refractivity contribution < 1.29 is 18.3 Å². The normalized spacial score (nSPS) is 20.4. The fourth-order valence-electron chi connectivity index (χ4n) is 2.38. The Balaban J connectivity index is 1.81. The standard InChI is InChI=1S/C14H19NO4S/c16-14(19-10-12-5-2-1-3-6-12)15-8-4-7-13(9-15)11-20(17)18/h1-3,5-6,13H,4,7-11H2,(H,17,18). The molecule has 0 aliphatic carbocycles. The van der Waals surface area contributed by atoms with Gasteiger partial charge >= 0.3 is 6.09 Å². The molecule has 1 aliphatic heterocycles. The van der Waals surface area contributed by atoms with Crippen molar-refractivity contribution in [2.75, 3.05) is 18.8 Å². The zero-order chi connectivity index (χ0) is 14.4. The third-order valence-electron chi connectivity index (χ3n) is 3.36. The second-order valence-electron chi connectivity index (χ2n) is 4.98. The molecule has 0 radical (unpaired) electrons. The molecule has 0 saturated carbocycles. The van der Waals surface area contributed by atoms with Gasteiger partial charge in [0.15, 0.2) is 11.1 Å². The topological polar surface area (TPSA) is 66.8 Å². The highest BCUT2D eigenvalue weighted by Gasteiger charge is 2.25. The Hall–Kier alpha value is -1.40. The molecule has 1 fully saturated rings. The molecule has 5 nitrogen and oxygen atoms in total. The number of ether oxygens (including phenoxy) is 1. The highest BCUT2D eigenvalue weighted by molar-refractivity contribution is 7.79. The molecule has 20 heavy (non-hydrogen) atoms. The molecule has 1 amide bonds. The Morgan fingerprint density at radius 2 is 2.15 bits per heavy atom. The van der Waals surface area contributed by atoms with Gasteiger partial charge in [-0.05, 0) is 24.3 Å². The first-order valence-corrected chi connectivity index (χ1v) is 7.96. The maximum atomic E-state index is 12.0. The van der Waals surface area contributed by atoms with Crippen molar-refractivity contribution in [2.45, 2.75) is 19.4 Å². The van der Waals surface area contributed by atoms with Gasteiger partial charge in [0, 0.05) is 13.1 Å². The van der Waals surface area contributed by atoms with Crippen molar-refractivity contribution in [3.8, 4) is 0 Å². The average Bonchev–Trinajstić information content (AvgIpc) is 2.45. The van der Waals surface area contributed by atoms with Gasteiger partial charge in [0.05, 0.1) is 5.75 Å². The number of likely N-dealkylation sites (tertiary alicyclic amines) is 1. The molecule has 1 aromatic rings.